The number of thiophene rings is 1. The molecule has 2 aromatic rings. The first kappa shape index (κ1) is 14.0. The van der Waals surface area contributed by atoms with E-state index in [9.17, 15) is 0 Å². The maximum Gasteiger partial charge on any atom is 0.104 e. The molecule has 1 atom stereocenters. The topological polar surface area (TPSA) is 35.2 Å². The van der Waals surface area contributed by atoms with Crippen molar-refractivity contribution in [2.75, 3.05) is 6.54 Å². The Balaban J connectivity index is 2.02. The molecule has 0 aliphatic rings. The first-order valence-corrected chi connectivity index (χ1v) is 7.49. The fourth-order valence-electron chi connectivity index (χ4n) is 1.57. The molecule has 96 valence electrons. The van der Waals surface area contributed by atoms with E-state index in [4.69, 9.17) is 22.1 Å². The normalized spacial score (nSPS) is 12.6. The number of nitrogens with two attached hydrogens (primary N) is 1. The zero-order chi connectivity index (χ0) is 13.0. The van der Waals surface area contributed by atoms with Crippen molar-refractivity contribution < 1.29 is 4.74 Å². The molecule has 1 aromatic carbocycles. The molecule has 2 N–H and O–H groups in total. The molecule has 18 heavy (non-hydrogen) atoms. The molecule has 0 saturated heterocycles. The second-order valence-corrected chi connectivity index (χ2v) is 6.67. The van der Waals surface area contributed by atoms with Crippen LogP contribution in [0.15, 0.2) is 40.2 Å². The third-order valence-electron chi connectivity index (χ3n) is 2.52. The molecule has 0 aliphatic carbocycles. The van der Waals surface area contributed by atoms with E-state index in [1.807, 2.05) is 36.4 Å². The van der Waals surface area contributed by atoms with Gasteiger partial charge < -0.3 is 10.5 Å². The SMILES string of the molecule is NCC(OCc1ccccc1Cl)c1ccc(Br)s1. The summed E-state index contributed by atoms with van der Waals surface area (Å²) >= 11 is 11.2. The van der Waals surface area contributed by atoms with Gasteiger partial charge in [-0.25, -0.2) is 0 Å². The lowest BCUT2D eigenvalue weighted by molar-refractivity contribution is 0.0480. The van der Waals surface area contributed by atoms with Crippen molar-refractivity contribution in [3.8, 4) is 0 Å². The van der Waals surface area contributed by atoms with Crippen LogP contribution in [0.3, 0.4) is 0 Å². The molecule has 2 nitrogen and oxygen atoms in total. The average molecular weight is 347 g/mol. The number of rotatable bonds is 5. The Morgan fingerprint density at radius 1 is 1.28 bits per heavy atom. The van der Waals surface area contributed by atoms with Crippen LogP contribution in [0.5, 0.6) is 0 Å². The predicted octanol–water partition coefficient (Wildman–Crippen LogP) is 4.38. The summed E-state index contributed by atoms with van der Waals surface area (Å²) in [5, 5.41) is 0.723. The van der Waals surface area contributed by atoms with Gasteiger partial charge in [0.2, 0.25) is 0 Å². The molecule has 0 saturated carbocycles. The van der Waals surface area contributed by atoms with Gasteiger partial charge in [0.25, 0.3) is 0 Å². The van der Waals surface area contributed by atoms with Gasteiger partial charge in [0.05, 0.1) is 10.4 Å². The largest absolute Gasteiger partial charge is 0.367 e. The molecule has 0 radical (unpaired) electrons. The summed E-state index contributed by atoms with van der Waals surface area (Å²) < 4.78 is 6.92. The minimum atomic E-state index is -0.0856. The maximum absolute atomic E-state index is 6.08. The number of benzene rings is 1. The van der Waals surface area contributed by atoms with Crippen molar-refractivity contribution in [2.24, 2.45) is 5.73 Å². The number of halogens is 2. The Labute approximate surface area is 124 Å². The van der Waals surface area contributed by atoms with Crippen molar-refractivity contribution in [3.05, 3.63) is 55.6 Å². The maximum atomic E-state index is 6.08. The molecule has 2 rings (SSSR count). The highest BCUT2D eigenvalue weighted by molar-refractivity contribution is 9.11. The van der Waals surface area contributed by atoms with Gasteiger partial charge in [-0.05, 0) is 39.7 Å². The van der Waals surface area contributed by atoms with Crippen LogP contribution in [0.4, 0.5) is 0 Å². The van der Waals surface area contributed by atoms with Gasteiger partial charge in [-0.2, -0.15) is 0 Å². The number of hydrogen-bond donors (Lipinski definition) is 1. The zero-order valence-electron chi connectivity index (χ0n) is 9.61. The van der Waals surface area contributed by atoms with Crippen LogP contribution in [0.1, 0.15) is 16.5 Å². The first-order chi connectivity index (χ1) is 8.70. The Hall–Kier alpha value is -0.390. The number of hydrogen-bond acceptors (Lipinski definition) is 3. The summed E-state index contributed by atoms with van der Waals surface area (Å²) in [5.74, 6) is 0. The van der Waals surface area contributed by atoms with Gasteiger partial charge in [-0.1, -0.05) is 29.8 Å². The summed E-state index contributed by atoms with van der Waals surface area (Å²) in [6.45, 7) is 0.925. The fourth-order valence-corrected chi connectivity index (χ4v) is 3.25. The average Bonchev–Trinajstić information content (AvgIpc) is 2.79. The van der Waals surface area contributed by atoms with Crippen LogP contribution in [0.2, 0.25) is 5.02 Å². The summed E-state index contributed by atoms with van der Waals surface area (Å²) in [5.41, 5.74) is 6.73. The molecular formula is C13H13BrClNOS. The van der Waals surface area contributed by atoms with Crippen LogP contribution < -0.4 is 5.73 Å². The third kappa shape index (κ3) is 3.56. The monoisotopic (exact) mass is 345 g/mol. The molecule has 0 aliphatic heterocycles. The van der Waals surface area contributed by atoms with E-state index >= 15 is 0 Å². The van der Waals surface area contributed by atoms with Crippen LogP contribution >= 0.6 is 38.9 Å². The van der Waals surface area contributed by atoms with Gasteiger partial charge in [0.15, 0.2) is 0 Å². The Morgan fingerprint density at radius 2 is 2.06 bits per heavy atom. The highest BCUT2D eigenvalue weighted by Crippen LogP contribution is 2.30. The van der Waals surface area contributed by atoms with Crippen LogP contribution in [-0.4, -0.2) is 6.54 Å². The van der Waals surface area contributed by atoms with Gasteiger partial charge >= 0.3 is 0 Å². The van der Waals surface area contributed by atoms with Crippen LogP contribution in [0, 0.1) is 0 Å². The van der Waals surface area contributed by atoms with Crippen LogP contribution in [-0.2, 0) is 11.3 Å². The summed E-state index contributed by atoms with van der Waals surface area (Å²) in [4.78, 5) is 1.12. The quantitative estimate of drug-likeness (QED) is 0.872. The van der Waals surface area contributed by atoms with Crippen molar-refractivity contribution in [3.63, 3.8) is 0 Å². The summed E-state index contributed by atoms with van der Waals surface area (Å²) in [6, 6.07) is 11.7. The van der Waals surface area contributed by atoms with Gasteiger partial charge in [0, 0.05) is 16.4 Å². The third-order valence-corrected chi connectivity index (χ3v) is 4.61. The summed E-state index contributed by atoms with van der Waals surface area (Å²) in [7, 11) is 0. The van der Waals surface area contributed by atoms with Crippen molar-refractivity contribution in [1.82, 2.24) is 0 Å². The first-order valence-electron chi connectivity index (χ1n) is 5.51. The lowest BCUT2D eigenvalue weighted by atomic mass is 10.2. The highest BCUT2D eigenvalue weighted by atomic mass is 79.9. The molecule has 1 unspecified atom stereocenters. The van der Waals surface area contributed by atoms with E-state index in [0.29, 0.717) is 13.2 Å². The molecule has 0 spiro atoms. The van der Waals surface area contributed by atoms with Crippen molar-refractivity contribution >= 4 is 38.9 Å². The van der Waals surface area contributed by atoms with Gasteiger partial charge in [-0.15, -0.1) is 11.3 Å². The number of ether oxygens (including phenoxy) is 1. The minimum absolute atomic E-state index is 0.0856. The van der Waals surface area contributed by atoms with Crippen LogP contribution in [0.25, 0.3) is 0 Å². The van der Waals surface area contributed by atoms with E-state index in [1.54, 1.807) is 11.3 Å². The fraction of sp³-hybridized carbons (Fsp3) is 0.231. The Morgan fingerprint density at radius 3 is 2.67 bits per heavy atom. The second-order valence-electron chi connectivity index (χ2n) is 3.77. The molecule has 5 heteroatoms. The predicted molar refractivity (Wildman–Crippen MR) is 80.1 cm³/mol. The molecule has 0 bridgehead atoms. The van der Waals surface area contributed by atoms with E-state index in [1.165, 1.54) is 0 Å². The standard InChI is InChI=1S/C13H13BrClNOS/c14-13-6-5-12(18-13)11(7-16)17-8-9-3-1-2-4-10(9)15/h1-6,11H,7-8,16H2. The van der Waals surface area contributed by atoms with Gasteiger partial charge in [-0.3, -0.25) is 0 Å². The minimum Gasteiger partial charge on any atom is -0.367 e. The summed E-state index contributed by atoms with van der Waals surface area (Å²) in [6.07, 6.45) is -0.0856. The Kier molecular flexibility index (Phi) is 5.21. The molecular weight excluding hydrogens is 334 g/mol. The molecule has 0 fully saturated rings. The highest BCUT2D eigenvalue weighted by Gasteiger charge is 2.13. The molecule has 1 heterocycles. The Bertz CT molecular complexity index is 517. The van der Waals surface area contributed by atoms with E-state index in [2.05, 4.69) is 15.9 Å². The van der Waals surface area contributed by atoms with Crippen molar-refractivity contribution in [2.45, 2.75) is 12.7 Å². The van der Waals surface area contributed by atoms with E-state index < -0.39 is 0 Å². The lowest BCUT2D eigenvalue weighted by Crippen LogP contribution is -2.14. The van der Waals surface area contributed by atoms with Crippen molar-refractivity contribution in [1.29, 1.82) is 0 Å². The zero-order valence-corrected chi connectivity index (χ0v) is 12.8. The van der Waals surface area contributed by atoms with E-state index in [0.717, 1.165) is 19.2 Å². The lowest BCUT2D eigenvalue weighted by Gasteiger charge is -2.15. The second kappa shape index (κ2) is 6.68. The van der Waals surface area contributed by atoms with E-state index in [-0.39, 0.29) is 6.10 Å². The molecule has 1 aromatic heterocycles. The smallest absolute Gasteiger partial charge is 0.104 e. The van der Waals surface area contributed by atoms with Gasteiger partial charge in [0.1, 0.15) is 6.10 Å². The molecule has 0 amide bonds.